The van der Waals surface area contributed by atoms with Crippen molar-refractivity contribution in [1.29, 1.82) is 0 Å². The van der Waals surface area contributed by atoms with E-state index >= 15 is 0 Å². The molecule has 6 nitrogen and oxygen atoms in total. The molecule has 0 aliphatic rings. The highest BCUT2D eigenvalue weighted by atomic mass is 16.4. The Balaban J connectivity index is 1.62. The zero-order chi connectivity index (χ0) is 19.7. The molecule has 1 amide bonds. The van der Waals surface area contributed by atoms with Crippen molar-refractivity contribution < 1.29 is 18.7 Å². The normalized spacial score (nSPS) is 11.4. The van der Waals surface area contributed by atoms with E-state index in [1.807, 2.05) is 26.0 Å². The fourth-order valence-electron chi connectivity index (χ4n) is 3.00. The number of carbonyl (C=O) groups excluding carboxylic acids is 1. The third kappa shape index (κ3) is 3.53. The Morgan fingerprint density at radius 1 is 1.18 bits per heavy atom. The van der Waals surface area contributed by atoms with Crippen molar-refractivity contribution >= 4 is 28.8 Å². The Labute approximate surface area is 161 Å². The predicted octanol–water partition coefficient (Wildman–Crippen LogP) is 5.06. The molecule has 0 saturated carbocycles. The van der Waals surface area contributed by atoms with E-state index in [0.717, 1.165) is 16.6 Å². The van der Waals surface area contributed by atoms with Gasteiger partial charge in [0.05, 0.1) is 11.8 Å². The van der Waals surface area contributed by atoms with Gasteiger partial charge < -0.3 is 19.3 Å². The molecule has 0 atom stereocenters. The first-order chi connectivity index (χ1) is 13.5. The highest BCUT2D eigenvalue weighted by Gasteiger charge is 2.15. The number of carbonyl (C=O) groups is 1. The number of fused-ring (bicyclic) bond motifs is 1. The SMILES string of the molecule is Cc1cc(C)c2oc(-c3cc(NC(=O)C=Cc4ccco4)ccc3O)nc2c1. The van der Waals surface area contributed by atoms with Gasteiger partial charge in [-0.25, -0.2) is 4.98 Å². The van der Waals surface area contributed by atoms with Crippen LogP contribution < -0.4 is 5.32 Å². The number of rotatable bonds is 4. The zero-order valence-corrected chi connectivity index (χ0v) is 15.4. The molecular weight excluding hydrogens is 356 g/mol. The lowest BCUT2D eigenvalue weighted by molar-refractivity contribution is -0.111. The number of aromatic nitrogens is 1. The van der Waals surface area contributed by atoms with Crippen LogP contribution >= 0.6 is 0 Å². The van der Waals surface area contributed by atoms with Gasteiger partial charge >= 0.3 is 0 Å². The van der Waals surface area contributed by atoms with Gasteiger partial charge in [0, 0.05) is 11.8 Å². The van der Waals surface area contributed by atoms with Gasteiger partial charge in [-0.3, -0.25) is 4.79 Å². The second-order valence-corrected chi connectivity index (χ2v) is 6.52. The molecule has 28 heavy (non-hydrogen) atoms. The molecule has 0 unspecified atom stereocenters. The maximum absolute atomic E-state index is 12.1. The molecule has 0 fully saturated rings. The number of hydrogen-bond donors (Lipinski definition) is 2. The summed E-state index contributed by atoms with van der Waals surface area (Å²) in [6, 6.07) is 12.2. The first-order valence-corrected chi connectivity index (χ1v) is 8.73. The molecule has 4 rings (SSSR count). The summed E-state index contributed by atoms with van der Waals surface area (Å²) in [6.45, 7) is 3.94. The van der Waals surface area contributed by atoms with Crippen molar-refractivity contribution in [2.45, 2.75) is 13.8 Å². The van der Waals surface area contributed by atoms with Crippen LogP contribution in [0.25, 0.3) is 28.6 Å². The van der Waals surface area contributed by atoms with Crippen molar-refractivity contribution in [3.8, 4) is 17.2 Å². The van der Waals surface area contributed by atoms with E-state index < -0.39 is 0 Å². The molecule has 2 N–H and O–H groups in total. The van der Waals surface area contributed by atoms with Crippen molar-refractivity contribution in [1.82, 2.24) is 4.98 Å². The lowest BCUT2D eigenvalue weighted by atomic mass is 10.1. The maximum atomic E-state index is 12.1. The van der Waals surface area contributed by atoms with Crippen LogP contribution in [-0.2, 0) is 4.79 Å². The number of benzene rings is 2. The van der Waals surface area contributed by atoms with Crippen molar-refractivity contribution in [2.75, 3.05) is 5.32 Å². The van der Waals surface area contributed by atoms with Crippen LogP contribution in [0.4, 0.5) is 5.69 Å². The molecule has 0 saturated heterocycles. The number of nitrogens with zero attached hydrogens (tertiary/aromatic N) is 1. The highest BCUT2D eigenvalue weighted by molar-refractivity contribution is 6.02. The van der Waals surface area contributed by atoms with Crippen LogP contribution in [0.15, 0.2) is 63.6 Å². The Morgan fingerprint density at radius 2 is 2.04 bits per heavy atom. The average molecular weight is 374 g/mol. The number of phenols is 1. The van der Waals surface area contributed by atoms with Crippen LogP contribution in [-0.4, -0.2) is 16.0 Å². The Morgan fingerprint density at radius 3 is 2.82 bits per heavy atom. The molecule has 2 aromatic carbocycles. The van der Waals surface area contributed by atoms with Gasteiger partial charge in [0.25, 0.3) is 0 Å². The van der Waals surface area contributed by atoms with Gasteiger partial charge in [-0.05, 0) is 67.4 Å². The first-order valence-electron chi connectivity index (χ1n) is 8.73. The third-order valence-electron chi connectivity index (χ3n) is 4.26. The highest BCUT2D eigenvalue weighted by Crippen LogP contribution is 2.34. The number of amides is 1. The monoisotopic (exact) mass is 374 g/mol. The number of furan rings is 1. The minimum absolute atomic E-state index is 0.0186. The number of nitrogens with one attached hydrogen (secondary N) is 1. The van der Waals surface area contributed by atoms with E-state index in [2.05, 4.69) is 10.3 Å². The molecule has 0 bridgehead atoms. The van der Waals surface area contributed by atoms with Crippen LogP contribution in [0.5, 0.6) is 5.75 Å². The first kappa shape index (κ1) is 17.6. The number of aryl methyl sites for hydroxylation is 2. The van der Waals surface area contributed by atoms with Gasteiger partial charge in [0.1, 0.15) is 17.0 Å². The number of aromatic hydroxyl groups is 1. The molecule has 0 radical (unpaired) electrons. The fraction of sp³-hybridized carbons (Fsp3) is 0.0909. The predicted molar refractivity (Wildman–Crippen MR) is 107 cm³/mol. The topological polar surface area (TPSA) is 88.5 Å². The Bertz CT molecular complexity index is 1190. The minimum Gasteiger partial charge on any atom is -0.507 e. The summed E-state index contributed by atoms with van der Waals surface area (Å²) in [7, 11) is 0. The number of oxazole rings is 1. The van der Waals surface area contributed by atoms with Gasteiger partial charge in [-0.1, -0.05) is 6.07 Å². The Hall–Kier alpha value is -3.80. The van der Waals surface area contributed by atoms with E-state index in [0.29, 0.717) is 28.5 Å². The average Bonchev–Trinajstić information content (AvgIpc) is 3.31. The molecular formula is C22H18N2O4. The van der Waals surface area contributed by atoms with E-state index in [1.165, 1.54) is 18.4 Å². The second kappa shape index (κ2) is 7.08. The summed E-state index contributed by atoms with van der Waals surface area (Å²) in [6.07, 6.45) is 4.48. The number of phenolic OH excluding ortho intramolecular Hbond substituents is 1. The molecule has 0 spiro atoms. The lowest BCUT2D eigenvalue weighted by Crippen LogP contribution is -2.07. The smallest absolute Gasteiger partial charge is 0.248 e. The summed E-state index contributed by atoms with van der Waals surface area (Å²) in [5.74, 6) is 0.573. The minimum atomic E-state index is -0.322. The molecule has 0 aliphatic heterocycles. The van der Waals surface area contributed by atoms with E-state index in [9.17, 15) is 9.90 Å². The van der Waals surface area contributed by atoms with Gasteiger partial charge in [-0.15, -0.1) is 0 Å². The van der Waals surface area contributed by atoms with E-state index in [4.69, 9.17) is 8.83 Å². The van der Waals surface area contributed by atoms with E-state index in [-0.39, 0.29) is 11.7 Å². The quantitative estimate of drug-likeness (QED) is 0.385. The van der Waals surface area contributed by atoms with Gasteiger partial charge in [-0.2, -0.15) is 0 Å². The molecule has 4 aromatic rings. The Kier molecular flexibility index (Phi) is 4.45. The molecule has 6 heteroatoms. The van der Waals surface area contributed by atoms with Crippen LogP contribution in [0.3, 0.4) is 0 Å². The third-order valence-corrected chi connectivity index (χ3v) is 4.26. The molecule has 2 aromatic heterocycles. The molecule has 140 valence electrons. The van der Waals surface area contributed by atoms with Crippen molar-refractivity contribution in [2.24, 2.45) is 0 Å². The van der Waals surface area contributed by atoms with Crippen molar-refractivity contribution in [3.05, 3.63) is 71.7 Å². The number of anilines is 1. The van der Waals surface area contributed by atoms with Crippen LogP contribution in [0, 0.1) is 13.8 Å². The summed E-state index contributed by atoms with van der Waals surface area (Å²) >= 11 is 0. The number of hydrogen-bond acceptors (Lipinski definition) is 5. The standard InChI is InChI=1S/C22H18N2O4/c1-13-10-14(2)21-18(11-13)24-22(28-21)17-12-15(5-7-19(17)25)23-20(26)8-6-16-4-3-9-27-16/h3-12,25H,1-2H3,(H,23,26). The zero-order valence-electron chi connectivity index (χ0n) is 15.4. The maximum Gasteiger partial charge on any atom is 0.248 e. The largest absolute Gasteiger partial charge is 0.507 e. The van der Waals surface area contributed by atoms with E-state index in [1.54, 1.807) is 30.3 Å². The summed E-state index contributed by atoms with van der Waals surface area (Å²) in [5.41, 5.74) is 4.37. The van der Waals surface area contributed by atoms with Crippen molar-refractivity contribution in [3.63, 3.8) is 0 Å². The van der Waals surface area contributed by atoms with Crippen LogP contribution in [0.2, 0.25) is 0 Å². The second-order valence-electron chi connectivity index (χ2n) is 6.52. The van der Waals surface area contributed by atoms with Gasteiger partial charge in [0.2, 0.25) is 11.8 Å². The van der Waals surface area contributed by atoms with Crippen LogP contribution in [0.1, 0.15) is 16.9 Å². The summed E-state index contributed by atoms with van der Waals surface area (Å²) < 4.78 is 11.0. The summed E-state index contributed by atoms with van der Waals surface area (Å²) in [4.78, 5) is 16.6. The fourth-order valence-corrected chi connectivity index (χ4v) is 3.00. The lowest BCUT2D eigenvalue weighted by Gasteiger charge is -2.05. The molecule has 0 aliphatic carbocycles. The van der Waals surface area contributed by atoms with Gasteiger partial charge in [0.15, 0.2) is 5.58 Å². The molecule has 2 heterocycles. The summed E-state index contributed by atoms with van der Waals surface area (Å²) in [5, 5.41) is 13.0.